The molecular weight excluding hydrogens is 366 g/mol. The first-order valence-corrected chi connectivity index (χ1v) is 9.03. The van der Waals surface area contributed by atoms with Gasteiger partial charge in [0.05, 0.1) is 26.4 Å². The zero-order valence-corrected chi connectivity index (χ0v) is 16.0. The van der Waals surface area contributed by atoms with Gasteiger partial charge in [0, 0.05) is 17.1 Å². The fraction of sp³-hybridized carbons (Fsp3) is 0.211. The van der Waals surface area contributed by atoms with Crippen molar-refractivity contribution in [3.05, 3.63) is 48.0 Å². The van der Waals surface area contributed by atoms with Crippen molar-refractivity contribution in [1.82, 2.24) is 9.36 Å². The molecule has 1 aromatic heterocycles. The van der Waals surface area contributed by atoms with E-state index >= 15 is 0 Å². The summed E-state index contributed by atoms with van der Waals surface area (Å²) in [5.41, 5.74) is 1.20. The molecule has 0 unspecified atom stereocenters. The average molecular weight is 385 g/mol. The zero-order valence-electron chi connectivity index (χ0n) is 15.2. The number of hydrogen-bond donors (Lipinski definition) is 1. The van der Waals surface area contributed by atoms with Crippen molar-refractivity contribution in [3.8, 4) is 28.6 Å². The van der Waals surface area contributed by atoms with Crippen molar-refractivity contribution in [3.63, 3.8) is 0 Å². The maximum atomic E-state index is 12.5. The van der Waals surface area contributed by atoms with Crippen LogP contribution in [0.2, 0.25) is 0 Å². The third kappa shape index (κ3) is 4.17. The van der Waals surface area contributed by atoms with Gasteiger partial charge in [-0.2, -0.15) is 9.36 Å². The van der Waals surface area contributed by atoms with E-state index in [0.717, 1.165) is 17.1 Å². The number of para-hydroxylation sites is 1. The van der Waals surface area contributed by atoms with E-state index in [4.69, 9.17) is 14.2 Å². The first-order valence-electron chi connectivity index (χ1n) is 8.25. The van der Waals surface area contributed by atoms with Crippen LogP contribution >= 0.6 is 11.5 Å². The summed E-state index contributed by atoms with van der Waals surface area (Å²) < 4.78 is 20.4. The van der Waals surface area contributed by atoms with E-state index in [0.29, 0.717) is 40.4 Å². The van der Waals surface area contributed by atoms with Crippen LogP contribution in [0.1, 0.15) is 17.3 Å². The van der Waals surface area contributed by atoms with Gasteiger partial charge >= 0.3 is 0 Å². The molecule has 0 saturated carbocycles. The van der Waals surface area contributed by atoms with E-state index in [-0.39, 0.29) is 5.91 Å². The number of amides is 1. The van der Waals surface area contributed by atoms with E-state index < -0.39 is 0 Å². The van der Waals surface area contributed by atoms with E-state index in [9.17, 15) is 4.79 Å². The average Bonchev–Trinajstić information content (AvgIpc) is 3.16. The predicted molar refractivity (Wildman–Crippen MR) is 104 cm³/mol. The Labute approximate surface area is 161 Å². The van der Waals surface area contributed by atoms with Gasteiger partial charge in [-0.05, 0) is 37.3 Å². The highest BCUT2D eigenvalue weighted by molar-refractivity contribution is 7.10. The van der Waals surface area contributed by atoms with Crippen molar-refractivity contribution in [2.75, 3.05) is 26.1 Å². The Kier molecular flexibility index (Phi) is 5.87. The van der Waals surface area contributed by atoms with Gasteiger partial charge in [0.25, 0.3) is 5.91 Å². The van der Waals surface area contributed by atoms with Crippen molar-refractivity contribution in [1.29, 1.82) is 0 Å². The Hall–Kier alpha value is -3.13. The number of aromatic nitrogens is 2. The quantitative estimate of drug-likeness (QED) is 0.665. The lowest BCUT2D eigenvalue weighted by atomic mass is 10.2. The van der Waals surface area contributed by atoms with Gasteiger partial charge in [0.2, 0.25) is 5.13 Å². The lowest BCUT2D eigenvalue weighted by molar-refractivity contribution is 0.102. The number of nitrogens with one attached hydrogen (secondary N) is 1. The van der Waals surface area contributed by atoms with Crippen LogP contribution in [0.15, 0.2) is 42.5 Å². The van der Waals surface area contributed by atoms with Gasteiger partial charge in [0.15, 0.2) is 17.3 Å². The van der Waals surface area contributed by atoms with Crippen LogP contribution in [0.4, 0.5) is 5.13 Å². The number of rotatable bonds is 7. The molecule has 2 aromatic carbocycles. The van der Waals surface area contributed by atoms with E-state index in [1.807, 2.05) is 19.1 Å². The Bertz CT molecular complexity index is 942. The summed E-state index contributed by atoms with van der Waals surface area (Å²) >= 11 is 1.10. The molecule has 1 amide bonds. The van der Waals surface area contributed by atoms with Crippen molar-refractivity contribution in [2.24, 2.45) is 0 Å². The summed E-state index contributed by atoms with van der Waals surface area (Å²) in [6.45, 7) is 2.45. The molecular formula is C19H19N3O4S. The van der Waals surface area contributed by atoms with Crippen LogP contribution in [-0.4, -0.2) is 36.1 Å². The number of anilines is 1. The second-order valence-corrected chi connectivity index (χ2v) is 6.13. The zero-order chi connectivity index (χ0) is 19.2. The Morgan fingerprint density at radius 3 is 2.59 bits per heavy atom. The van der Waals surface area contributed by atoms with Gasteiger partial charge in [-0.3, -0.25) is 10.1 Å². The summed E-state index contributed by atoms with van der Waals surface area (Å²) in [5, 5.41) is 3.15. The van der Waals surface area contributed by atoms with Crippen molar-refractivity contribution in [2.45, 2.75) is 6.92 Å². The second-order valence-electron chi connectivity index (χ2n) is 5.38. The van der Waals surface area contributed by atoms with E-state index in [1.54, 1.807) is 37.4 Å². The number of benzene rings is 2. The second kappa shape index (κ2) is 8.50. The minimum Gasteiger partial charge on any atom is -0.496 e. The van der Waals surface area contributed by atoms with Crippen LogP contribution < -0.4 is 19.5 Å². The summed E-state index contributed by atoms with van der Waals surface area (Å²) in [5.74, 6) is 1.94. The third-order valence-corrected chi connectivity index (χ3v) is 4.35. The van der Waals surface area contributed by atoms with Gasteiger partial charge in [0.1, 0.15) is 5.75 Å². The molecule has 0 saturated heterocycles. The van der Waals surface area contributed by atoms with Gasteiger partial charge in [-0.25, -0.2) is 0 Å². The minimum absolute atomic E-state index is 0.306. The first kappa shape index (κ1) is 18.7. The third-order valence-electron chi connectivity index (χ3n) is 3.72. The molecule has 1 N–H and O–H groups in total. The Morgan fingerprint density at radius 1 is 1.07 bits per heavy atom. The van der Waals surface area contributed by atoms with Gasteiger partial charge < -0.3 is 14.2 Å². The van der Waals surface area contributed by atoms with E-state index in [1.165, 1.54) is 7.11 Å². The van der Waals surface area contributed by atoms with Crippen LogP contribution in [0, 0.1) is 0 Å². The molecule has 0 fully saturated rings. The fourth-order valence-electron chi connectivity index (χ4n) is 2.47. The molecule has 0 aliphatic rings. The molecule has 1 heterocycles. The molecule has 0 aliphatic heterocycles. The number of nitrogens with zero attached hydrogens (tertiary/aromatic N) is 2. The molecule has 0 radical (unpaired) electrons. The molecule has 0 bridgehead atoms. The molecule has 27 heavy (non-hydrogen) atoms. The summed E-state index contributed by atoms with van der Waals surface area (Å²) in [6, 6.07) is 12.5. The van der Waals surface area contributed by atoms with Crippen LogP contribution in [0.3, 0.4) is 0 Å². The fourth-order valence-corrected chi connectivity index (χ4v) is 3.05. The van der Waals surface area contributed by atoms with Crippen molar-refractivity contribution < 1.29 is 19.0 Å². The molecule has 0 aliphatic carbocycles. The monoisotopic (exact) mass is 385 g/mol. The lowest BCUT2D eigenvalue weighted by Gasteiger charge is -2.09. The molecule has 8 heteroatoms. The lowest BCUT2D eigenvalue weighted by Crippen LogP contribution is -2.12. The molecule has 0 atom stereocenters. The summed E-state index contributed by atoms with van der Waals surface area (Å²) in [4.78, 5) is 16.9. The van der Waals surface area contributed by atoms with Crippen molar-refractivity contribution >= 4 is 22.6 Å². The topological polar surface area (TPSA) is 82.6 Å². The first-order chi connectivity index (χ1) is 13.2. The Balaban J connectivity index is 1.80. The molecule has 7 nitrogen and oxygen atoms in total. The number of ether oxygens (including phenoxy) is 3. The normalized spacial score (nSPS) is 10.3. The highest BCUT2D eigenvalue weighted by atomic mass is 32.1. The summed E-state index contributed by atoms with van der Waals surface area (Å²) in [6.07, 6.45) is 0. The SMILES string of the molecule is CCOc1ccc(-c2nsc(NC(=O)c3ccccc3OC)n2)cc1OC. The van der Waals surface area contributed by atoms with Gasteiger partial charge in [-0.15, -0.1) is 0 Å². The standard InChI is InChI=1S/C19H19N3O4S/c1-4-26-15-10-9-12(11-16(15)25-3)17-20-19(27-22-17)21-18(23)13-7-5-6-8-14(13)24-2/h5-11H,4H2,1-3H3,(H,20,21,22,23). The minimum atomic E-state index is -0.306. The smallest absolute Gasteiger partial charge is 0.261 e. The largest absolute Gasteiger partial charge is 0.496 e. The molecule has 140 valence electrons. The number of carbonyl (C=O) groups is 1. The molecule has 3 rings (SSSR count). The highest BCUT2D eigenvalue weighted by Crippen LogP contribution is 2.32. The molecule has 0 spiro atoms. The number of carbonyl (C=O) groups excluding carboxylic acids is 1. The summed E-state index contributed by atoms with van der Waals surface area (Å²) in [7, 11) is 3.10. The number of methoxy groups -OCH3 is 2. The Morgan fingerprint density at radius 2 is 1.85 bits per heavy atom. The van der Waals surface area contributed by atoms with Crippen LogP contribution in [-0.2, 0) is 0 Å². The molecule has 3 aromatic rings. The van der Waals surface area contributed by atoms with Crippen LogP contribution in [0.5, 0.6) is 17.2 Å². The predicted octanol–water partition coefficient (Wildman–Crippen LogP) is 3.87. The maximum Gasteiger partial charge on any atom is 0.261 e. The number of hydrogen-bond acceptors (Lipinski definition) is 7. The van der Waals surface area contributed by atoms with Crippen LogP contribution in [0.25, 0.3) is 11.4 Å². The van der Waals surface area contributed by atoms with Gasteiger partial charge in [-0.1, -0.05) is 12.1 Å². The van der Waals surface area contributed by atoms with E-state index in [2.05, 4.69) is 14.7 Å². The highest BCUT2D eigenvalue weighted by Gasteiger charge is 2.15. The maximum absolute atomic E-state index is 12.5.